The van der Waals surface area contributed by atoms with Gasteiger partial charge in [-0.05, 0) is 48.2 Å². The molecule has 0 unspecified atom stereocenters. The third-order valence-electron chi connectivity index (χ3n) is 5.86. The molecular formula is C23H22Cl3NO4. The number of methoxy groups -OCH3 is 1. The van der Waals surface area contributed by atoms with Gasteiger partial charge in [0, 0.05) is 23.4 Å². The second-order valence-corrected chi connectivity index (χ2v) is 10.1. The Kier molecular flexibility index (Phi) is 5.32. The minimum Gasteiger partial charge on any atom is -0.493 e. The van der Waals surface area contributed by atoms with Gasteiger partial charge in [-0.1, -0.05) is 47.8 Å². The summed E-state index contributed by atoms with van der Waals surface area (Å²) < 4.78 is 21.3. The fourth-order valence-corrected chi connectivity index (χ4v) is 5.21. The molecule has 3 heterocycles. The van der Waals surface area contributed by atoms with Gasteiger partial charge in [0.25, 0.3) is 0 Å². The number of hydrogen-bond donors (Lipinski definition) is 0. The van der Waals surface area contributed by atoms with Crippen LogP contribution in [0.2, 0.25) is 0 Å². The van der Waals surface area contributed by atoms with Crippen LogP contribution < -0.4 is 18.9 Å². The van der Waals surface area contributed by atoms with Gasteiger partial charge in [0.1, 0.15) is 6.04 Å². The average Bonchev–Trinajstić information content (AvgIpc) is 3.20. The van der Waals surface area contributed by atoms with E-state index in [0.29, 0.717) is 24.7 Å². The Morgan fingerprint density at radius 3 is 2.65 bits per heavy atom. The average molecular weight is 483 g/mol. The molecule has 1 atom stereocenters. The van der Waals surface area contributed by atoms with E-state index in [9.17, 15) is 0 Å². The molecule has 0 N–H and O–H groups in total. The number of ether oxygens (including phenoxy) is 4. The lowest BCUT2D eigenvalue weighted by Gasteiger charge is -2.45. The fourth-order valence-electron chi connectivity index (χ4n) is 4.53. The molecule has 31 heavy (non-hydrogen) atoms. The van der Waals surface area contributed by atoms with Crippen LogP contribution in [-0.4, -0.2) is 35.7 Å². The lowest BCUT2D eigenvalue weighted by atomic mass is 9.86. The molecule has 0 fully saturated rings. The van der Waals surface area contributed by atoms with Crippen LogP contribution in [0.15, 0.2) is 24.3 Å². The number of hydrogen-bond acceptors (Lipinski definition) is 5. The van der Waals surface area contributed by atoms with Crippen LogP contribution in [0.5, 0.6) is 23.0 Å². The zero-order valence-corrected chi connectivity index (χ0v) is 19.5. The highest BCUT2D eigenvalue weighted by molar-refractivity contribution is 6.68. The molecule has 0 amide bonds. The largest absolute Gasteiger partial charge is 0.493 e. The predicted octanol–water partition coefficient (Wildman–Crippen LogP) is 5.99. The van der Waals surface area contributed by atoms with Gasteiger partial charge < -0.3 is 23.8 Å². The van der Waals surface area contributed by atoms with Gasteiger partial charge in [-0.2, -0.15) is 0 Å². The Hall–Kier alpha value is -1.95. The van der Waals surface area contributed by atoms with Crippen LogP contribution in [0, 0.1) is 0 Å². The van der Waals surface area contributed by atoms with Crippen molar-refractivity contribution in [2.75, 3.05) is 27.1 Å². The van der Waals surface area contributed by atoms with Crippen molar-refractivity contribution in [1.82, 2.24) is 4.90 Å². The van der Waals surface area contributed by atoms with Gasteiger partial charge in [0.2, 0.25) is 10.6 Å². The third kappa shape index (κ3) is 3.47. The zero-order chi connectivity index (χ0) is 21.8. The third-order valence-corrected chi connectivity index (χ3v) is 6.48. The lowest BCUT2D eigenvalue weighted by Crippen LogP contribution is -2.41. The maximum Gasteiger partial charge on any atom is 0.231 e. The summed E-state index contributed by atoms with van der Waals surface area (Å²) in [5, 5.41) is 0. The molecule has 5 nitrogen and oxygen atoms in total. The first-order chi connectivity index (χ1) is 14.9. The van der Waals surface area contributed by atoms with Gasteiger partial charge >= 0.3 is 0 Å². The van der Waals surface area contributed by atoms with Crippen LogP contribution in [0.3, 0.4) is 0 Å². The first-order valence-corrected chi connectivity index (χ1v) is 11.4. The molecule has 0 aliphatic carbocycles. The highest BCUT2D eigenvalue weighted by atomic mass is 35.6. The smallest absolute Gasteiger partial charge is 0.231 e. The number of alkyl halides is 3. The molecule has 0 bridgehead atoms. The second-order valence-electron chi connectivity index (χ2n) is 7.73. The van der Waals surface area contributed by atoms with E-state index in [4.69, 9.17) is 53.8 Å². The number of nitrogens with zero attached hydrogens (tertiary/aromatic N) is 1. The van der Waals surface area contributed by atoms with E-state index in [-0.39, 0.29) is 6.79 Å². The molecule has 0 radical (unpaired) electrons. The molecule has 0 saturated heterocycles. The first kappa shape index (κ1) is 20.9. The van der Waals surface area contributed by atoms with Crippen molar-refractivity contribution in [3.8, 4) is 23.0 Å². The summed E-state index contributed by atoms with van der Waals surface area (Å²) in [5.41, 5.74) is 5.03. The van der Waals surface area contributed by atoms with E-state index in [2.05, 4.69) is 24.0 Å². The monoisotopic (exact) mass is 481 g/mol. The molecule has 0 spiro atoms. The van der Waals surface area contributed by atoms with Crippen LogP contribution in [0.25, 0.3) is 11.8 Å². The lowest BCUT2D eigenvalue weighted by molar-refractivity contribution is 0.174. The van der Waals surface area contributed by atoms with Crippen LogP contribution in [0.4, 0.5) is 0 Å². The topological polar surface area (TPSA) is 40.2 Å². The normalized spacial score (nSPS) is 18.7. The van der Waals surface area contributed by atoms with Crippen molar-refractivity contribution in [2.45, 2.75) is 29.6 Å². The number of halogens is 3. The quantitative estimate of drug-likeness (QED) is 0.500. The molecule has 164 valence electrons. The maximum absolute atomic E-state index is 6.60. The van der Waals surface area contributed by atoms with Crippen molar-refractivity contribution in [2.24, 2.45) is 0 Å². The van der Waals surface area contributed by atoms with E-state index >= 15 is 0 Å². The molecule has 0 saturated carbocycles. The molecule has 5 rings (SSSR count). The van der Waals surface area contributed by atoms with E-state index in [1.807, 2.05) is 18.2 Å². The Balaban J connectivity index is 1.72. The summed E-state index contributed by atoms with van der Waals surface area (Å²) in [7, 11) is 1.62. The molecule has 3 aliphatic rings. The van der Waals surface area contributed by atoms with Crippen LogP contribution >= 0.6 is 34.8 Å². The molecule has 8 heteroatoms. The summed E-state index contributed by atoms with van der Waals surface area (Å²) in [6.07, 6.45) is 3.78. The zero-order valence-electron chi connectivity index (χ0n) is 17.2. The van der Waals surface area contributed by atoms with E-state index in [0.717, 1.165) is 46.7 Å². The molecule has 3 aliphatic heterocycles. The second kappa shape index (κ2) is 7.88. The van der Waals surface area contributed by atoms with E-state index in [1.165, 1.54) is 5.56 Å². The summed E-state index contributed by atoms with van der Waals surface area (Å²) >= 11 is 19.8. The van der Waals surface area contributed by atoms with Crippen LogP contribution in [-0.2, 0) is 6.42 Å². The van der Waals surface area contributed by atoms with Gasteiger partial charge in [-0.3, -0.25) is 0 Å². The number of rotatable bonds is 4. The van der Waals surface area contributed by atoms with E-state index < -0.39 is 9.83 Å². The van der Waals surface area contributed by atoms with Crippen LogP contribution in [0.1, 0.15) is 41.6 Å². The Morgan fingerprint density at radius 2 is 1.94 bits per heavy atom. The Labute approximate surface area is 196 Å². The van der Waals surface area contributed by atoms with Crippen molar-refractivity contribution < 1.29 is 18.9 Å². The molecule has 2 aromatic carbocycles. The minimum absolute atomic E-state index is 0.235. The molecular weight excluding hydrogens is 461 g/mol. The minimum atomic E-state index is -1.58. The highest BCUT2D eigenvalue weighted by Crippen LogP contribution is 2.56. The van der Waals surface area contributed by atoms with Crippen molar-refractivity contribution in [3.05, 3.63) is 46.5 Å². The van der Waals surface area contributed by atoms with Crippen molar-refractivity contribution in [1.29, 1.82) is 0 Å². The van der Waals surface area contributed by atoms with Crippen molar-refractivity contribution in [3.63, 3.8) is 0 Å². The fraction of sp³-hybridized carbons (Fsp3) is 0.391. The summed E-state index contributed by atoms with van der Waals surface area (Å²) in [6, 6.07) is 7.43. The number of fused-ring (bicyclic) bond motifs is 5. The molecule has 2 aromatic rings. The SMILES string of the molecule is CCCOc1c(OC)ccc2c1[C@@H](C(Cl)(Cl)Cl)N1CCc3cc4c(cc3C1=C2)OCO4. The predicted molar refractivity (Wildman–Crippen MR) is 123 cm³/mol. The Morgan fingerprint density at radius 1 is 1.16 bits per heavy atom. The van der Waals surface area contributed by atoms with Gasteiger partial charge in [-0.25, -0.2) is 0 Å². The van der Waals surface area contributed by atoms with Crippen molar-refractivity contribution >= 4 is 46.6 Å². The molecule has 0 aromatic heterocycles. The maximum atomic E-state index is 6.60. The summed E-state index contributed by atoms with van der Waals surface area (Å²) in [6.45, 7) is 3.53. The Bertz CT molecular complexity index is 1060. The summed E-state index contributed by atoms with van der Waals surface area (Å²) in [5.74, 6) is 2.77. The number of benzene rings is 2. The highest BCUT2D eigenvalue weighted by Gasteiger charge is 2.46. The van der Waals surface area contributed by atoms with Gasteiger partial charge in [0.05, 0.1) is 13.7 Å². The standard InChI is InChI=1S/C23H22Cl3NO4/c1-3-8-29-21-17(28-2)5-4-14-9-16-15-11-19-18(30-12-31-19)10-13(15)6-7-27(16)22(20(14)21)23(24,25)26/h4-5,9-11,22H,3,6-8,12H2,1-2H3/t22-/m0/s1. The first-order valence-electron chi connectivity index (χ1n) is 10.2. The summed E-state index contributed by atoms with van der Waals surface area (Å²) in [4.78, 5) is 2.15. The van der Waals surface area contributed by atoms with Gasteiger partial charge in [-0.15, -0.1) is 0 Å². The van der Waals surface area contributed by atoms with Gasteiger partial charge in [0.15, 0.2) is 23.0 Å². The van der Waals surface area contributed by atoms with E-state index in [1.54, 1.807) is 7.11 Å².